The van der Waals surface area contributed by atoms with Crippen LogP contribution in [0, 0.1) is 0 Å². The van der Waals surface area contributed by atoms with Crippen LogP contribution in [-0.2, 0) is 16.3 Å². The molecule has 0 atom stereocenters. The van der Waals surface area contributed by atoms with Crippen molar-refractivity contribution in [2.45, 2.75) is 40.0 Å². The Kier molecular flexibility index (Phi) is 4.81. The van der Waals surface area contributed by atoms with Crippen LogP contribution in [-0.4, -0.2) is 27.0 Å². The molecule has 19 heavy (non-hydrogen) atoms. The Morgan fingerprint density at radius 3 is 2.42 bits per heavy atom. The zero-order chi connectivity index (χ0) is 14.8. The fourth-order valence-electron chi connectivity index (χ4n) is 1.25. The van der Waals surface area contributed by atoms with Gasteiger partial charge in [-0.1, -0.05) is 23.2 Å². The highest BCUT2D eigenvalue weighted by Crippen LogP contribution is 2.23. The first-order chi connectivity index (χ1) is 8.61. The fourth-order valence-corrected chi connectivity index (χ4v) is 1.60. The number of aromatic nitrogens is 2. The van der Waals surface area contributed by atoms with Crippen molar-refractivity contribution in [1.29, 1.82) is 0 Å². The Bertz CT molecular complexity index is 506. The van der Waals surface area contributed by atoms with Crippen molar-refractivity contribution in [2.24, 2.45) is 0 Å². The molecule has 1 rings (SSSR count). The normalized spacial score (nSPS) is 11.3. The Morgan fingerprint density at radius 2 is 1.95 bits per heavy atom. The Morgan fingerprint density at radius 1 is 1.37 bits per heavy atom. The lowest BCUT2D eigenvalue weighted by Gasteiger charge is -2.20. The van der Waals surface area contributed by atoms with Crippen LogP contribution in [0.3, 0.4) is 0 Å². The first-order valence-corrected chi connectivity index (χ1v) is 6.25. The van der Waals surface area contributed by atoms with Gasteiger partial charge in [0.05, 0.1) is 0 Å². The number of carbonyl (C=O) groups excluding carboxylic acids is 2. The highest BCUT2D eigenvalue weighted by molar-refractivity contribution is 6.40. The van der Waals surface area contributed by atoms with Crippen molar-refractivity contribution in [3.8, 4) is 0 Å². The zero-order valence-electron chi connectivity index (χ0n) is 11.1. The third-order valence-electron chi connectivity index (χ3n) is 1.96. The van der Waals surface area contributed by atoms with E-state index in [1.54, 1.807) is 0 Å². The number of imidazole rings is 1. The molecule has 0 unspecified atom stereocenters. The van der Waals surface area contributed by atoms with Crippen molar-refractivity contribution >= 4 is 35.1 Å². The molecule has 8 heteroatoms. The summed E-state index contributed by atoms with van der Waals surface area (Å²) in [6.45, 7) is 6.51. The number of carbonyl (C=O) groups is 2. The summed E-state index contributed by atoms with van der Waals surface area (Å²) in [5.74, 6) is -0.956. The first kappa shape index (κ1) is 15.8. The van der Waals surface area contributed by atoms with Crippen LogP contribution in [0.1, 0.15) is 38.3 Å². The van der Waals surface area contributed by atoms with Crippen molar-refractivity contribution in [3.05, 3.63) is 16.1 Å². The number of hydrogen-bond acceptors (Lipinski definition) is 4. The molecule has 0 radical (unpaired) electrons. The van der Waals surface area contributed by atoms with Crippen molar-refractivity contribution in [3.63, 3.8) is 0 Å². The van der Waals surface area contributed by atoms with E-state index < -0.39 is 17.4 Å². The van der Waals surface area contributed by atoms with Crippen LogP contribution in [0.25, 0.3) is 0 Å². The van der Waals surface area contributed by atoms with Gasteiger partial charge < -0.3 is 10.1 Å². The van der Waals surface area contributed by atoms with E-state index >= 15 is 0 Å². The van der Waals surface area contributed by atoms with Crippen LogP contribution < -0.4 is 5.32 Å². The second kappa shape index (κ2) is 5.79. The smallest absolute Gasteiger partial charge is 0.304 e. The molecule has 1 N–H and O–H groups in total. The lowest BCUT2D eigenvalue weighted by atomic mass is 10.1. The molecule has 0 aliphatic heterocycles. The molecular formula is C11H15Cl2N3O3. The molecule has 0 aliphatic rings. The van der Waals surface area contributed by atoms with Crippen LogP contribution in [0.2, 0.25) is 10.3 Å². The number of esters is 1. The molecule has 0 saturated heterocycles. The van der Waals surface area contributed by atoms with Gasteiger partial charge in [0, 0.05) is 12.5 Å². The van der Waals surface area contributed by atoms with Crippen molar-refractivity contribution in [2.75, 3.05) is 0 Å². The molecule has 0 bridgehead atoms. The number of hydrogen-bond donors (Lipinski definition) is 1. The molecule has 0 saturated carbocycles. The highest BCUT2D eigenvalue weighted by atomic mass is 35.5. The maximum atomic E-state index is 12.0. The topological polar surface area (TPSA) is 73.2 Å². The highest BCUT2D eigenvalue weighted by Gasteiger charge is 2.24. The quantitative estimate of drug-likeness (QED) is 0.869. The molecule has 1 heterocycles. The maximum Gasteiger partial charge on any atom is 0.304 e. The van der Waals surface area contributed by atoms with Gasteiger partial charge >= 0.3 is 5.97 Å². The Balaban J connectivity index is 3.03. The first-order valence-electron chi connectivity index (χ1n) is 5.49. The van der Waals surface area contributed by atoms with E-state index in [0.717, 1.165) is 0 Å². The fraction of sp³-hybridized carbons (Fsp3) is 0.545. The molecule has 1 amide bonds. The number of nitrogens with one attached hydrogen (secondary N) is 1. The Hall–Kier alpha value is -1.27. The minimum Gasteiger partial charge on any atom is -0.444 e. The minimum atomic E-state index is -0.497. The van der Waals surface area contributed by atoms with Gasteiger partial charge in [0.2, 0.25) is 5.82 Å². The van der Waals surface area contributed by atoms with Gasteiger partial charge in [-0.05, 0) is 20.8 Å². The summed E-state index contributed by atoms with van der Waals surface area (Å²) < 4.78 is 6.03. The molecule has 0 fully saturated rings. The van der Waals surface area contributed by atoms with Gasteiger partial charge in [0.15, 0.2) is 17.0 Å². The lowest BCUT2D eigenvalue weighted by Crippen LogP contribution is -2.41. The van der Waals surface area contributed by atoms with Crippen LogP contribution in [0.5, 0.6) is 0 Å². The second-order valence-electron chi connectivity index (χ2n) is 4.91. The number of halogens is 2. The summed E-state index contributed by atoms with van der Waals surface area (Å²) in [5, 5.41) is 2.75. The van der Waals surface area contributed by atoms with Crippen LogP contribution in [0.4, 0.5) is 0 Å². The SMILES string of the molecule is CC(=O)OCn1c(C(=O)NC(C)(C)C)nc(Cl)c1Cl. The van der Waals surface area contributed by atoms with Crippen molar-refractivity contribution < 1.29 is 14.3 Å². The summed E-state index contributed by atoms with van der Waals surface area (Å²) in [6.07, 6.45) is 0. The lowest BCUT2D eigenvalue weighted by molar-refractivity contribution is -0.144. The molecule has 0 aliphatic carbocycles. The second-order valence-corrected chi connectivity index (χ2v) is 5.63. The standard InChI is InChI=1S/C11H15Cl2N3O3/c1-6(17)19-5-16-8(13)7(12)14-9(16)10(18)15-11(2,3)4/h5H2,1-4H3,(H,15,18). The zero-order valence-corrected chi connectivity index (χ0v) is 12.6. The van der Waals surface area contributed by atoms with Gasteiger partial charge in [-0.15, -0.1) is 0 Å². The van der Waals surface area contributed by atoms with E-state index in [9.17, 15) is 9.59 Å². The third kappa shape index (κ3) is 4.40. The average Bonchev–Trinajstić information content (AvgIpc) is 2.50. The largest absolute Gasteiger partial charge is 0.444 e. The molecule has 1 aromatic heterocycles. The number of rotatable bonds is 3. The summed E-state index contributed by atoms with van der Waals surface area (Å²) >= 11 is 11.7. The molecule has 0 spiro atoms. The van der Waals surface area contributed by atoms with Gasteiger partial charge in [-0.3, -0.25) is 14.2 Å². The summed E-state index contributed by atoms with van der Waals surface area (Å²) in [6, 6.07) is 0. The van der Waals surface area contributed by atoms with E-state index in [1.165, 1.54) is 11.5 Å². The molecule has 0 aromatic carbocycles. The molecule has 6 nitrogen and oxygen atoms in total. The van der Waals surface area contributed by atoms with Gasteiger partial charge in [0.1, 0.15) is 0 Å². The predicted molar refractivity (Wildman–Crippen MR) is 71.2 cm³/mol. The van der Waals surface area contributed by atoms with Crippen molar-refractivity contribution in [1.82, 2.24) is 14.9 Å². The van der Waals surface area contributed by atoms with Gasteiger partial charge in [0.25, 0.3) is 5.91 Å². The maximum absolute atomic E-state index is 12.0. The van der Waals surface area contributed by atoms with Crippen LogP contribution >= 0.6 is 23.2 Å². The monoisotopic (exact) mass is 307 g/mol. The predicted octanol–water partition coefficient (Wildman–Crippen LogP) is 2.24. The van der Waals surface area contributed by atoms with E-state index in [-0.39, 0.29) is 22.9 Å². The average molecular weight is 308 g/mol. The molecular weight excluding hydrogens is 293 g/mol. The van der Waals surface area contributed by atoms with E-state index in [1.807, 2.05) is 20.8 Å². The summed E-state index contributed by atoms with van der Waals surface area (Å²) in [4.78, 5) is 26.7. The summed E-state index contributed by atoms with van der Waals surface area (Å²) in [7, 11) is 0. The number of ether oxygens (including phenoxy) is 1. The Labute approximate surface area is 121 Å². The van der Waals surface area contributed by atoms with Gasteiger partial charge in [-0.25, -0.2) is 4.98 Å². The summed E-state index contributed by atoms with van der Waals surface area (Å²) in [5.41, 5.74) is -0.436. The molecule has 1 aromatic rings. The van der Waals surface area contributed by atoms with E-state index in [0.29, 0.717) is 0 Å². The van der Waals surface area contributed by atoms with E-state index in [2.05, 4.69) is 10.3 Å². The number of amides is 1. The molecule has 106 valence electrons. The minimum absolute atomic E-state index is 0.00817. The third-order valence-corrected chi connectivity index (χ3v) is 2.70. The van der Waals surface area contributed by atoms with Gasteiger partial charge in [-0.2, -0.15) is 0 Å². The van der Waals surface area contributed by atoms with E-state index in [4.69, 9.17) is 27.9 Å². The number of nitrogens with zero attached hydrogens (tertiary/aromatic N) is 2. The van der Waals surface area contributed by atoms with Crippen LogP contribution in [0.15, 0.2) is 0 Å².